The van der Waals surface area contributed by atoms with Crippen LogP contribution in [0.3, 0.4) is 0 Å². The highest BCUT2D eigenvalue weighted by atomic mass is 35.5. The van der Waals surface area contributed by atoms with Crippen LogP contribution in [0.15, 0.2) is 75.4 Å². The first-order valence-corrected chi connectivity index (χ1v) is 16.5. The van der Waals surface area contributed by atoms with Crippen molar-refractivity contribution >= 4 is 72.3 Å². The molecule has 1 aliphatic heterocycles. The van der Waals surface area contributed by atoms with E-state index in [4.69, 9.17) is 23.2 Å². The number of benzene rings is 3. The second kappa shape index (κ2) is 11.7. The first-order valence-electron chi connectivity index (χ1n) is 11.6. The minimum atomic E-state index is -4.06. The molecule has 1 fully saturated rings. The molecule has 1 amide bonds. The van der Waals surface area contributed by atoms with E-state index >= 15 is 0 Å². The van der Waals surface area contributed by atoms with Crippen LogP contribution in [-0.2, 0) is 20.0 Å². The third kappa shape index (κ3) is 6.40. The molecule has 8 nitrogen and oxygen atoms in total. The Morgan fingerprint density at radius 3 is 2.13 bits per heavy atom. The van der Waals surface area contributed by atoms with Crippen LogP contribution >= 0.6 is 35.0 Å². The molecule has 0 saturated carbocycles. The van der Waals surface area contributed by atoms with E-state index in [2.05, 4.69) is 9.44 Å². The van der Waals surface area contributed by atoms with Crippen molar-refractivity contribution in [3.05, 3.63) is 76.3 Å². The second-order valence-corrected chi connectivity index (χ2v) is 13.5. The molecule has 38 heavy (non-hydrogen) atoms. The van der Waals surface area contributed by atoms with Crippen molar-refractivity contribution in [2.45, 2.75) is 33.9 Å². The second-order valence-electron chi connectivity index (χ2n) is 8.55. The fraction of sp³-hybridized carbons (Fsp3) is 0.240. The Morgan fingerprint density at radius 2 is 1.47 bits per heavy atom. The summed E-state index contributed by atoms with van der Waals surface area (Å²) in [6.07, 6.45) is 4.75. The number of hydrogen-bond acceptors (Lipinski definition) is 6. The Bertz CT molecular complexity index is 1560. The summed E-state index contributed by atoms with van der Waals surface area (Å²) in [6, 6.07) is 14.2. The van der Waals surface area contributed by atoms with Gasteiger partial charge in [-0.2, -0.15) is 0 Å². The number of rotatable bonds is 8. The number of piperidine rings is 1. The Morgan fingerprint density at radius 1 is 0.842 bits per heavy atom. The van der Waals surface area contributed by atoms with Gasteiger partial charge < -0.3 is 4.90 Å². The average Bonchev–Trinajstić information content (AvgIpc) is 2.91. The summed E-state index contributed by atoms with van der Waals surface area (Å²) in [5, 5.41) is 0.260. The lowest BCUT2D eigenvalue weighted by Crippen LogP contribution is -2.36. The van der Waals surface area contributed by atoms with Gasteiger partial charge in [-0.3, -0.25) is 14.2 Å². The fourth-order valence-corrected chi connectivity index (χ4v) is 7.12. The van der Waals surface area contributed by atoms with Crippen molar-refractivity contribution in [3.8, 4) is 0 Å². The predicted octanol–water partition coefficient (Wildman–Crippen LogP) is 5.94. The summed E-state index contributed by atoms with van der Waals surface area (Å²) in [4.78, 5) is 15.4. The molecule has 1 heterocycles. The Labute approximate surface area is 236 Å². The highest BCUT2D eigenvalue weighted by Gasteiger charge is 2.24. The van der Waals surface area contributed by atoms with Gasteiger partial charge in [-0.05, 0) is 80.1 Å². The van der Waals surface area contributed by atoms with Crippen LogP contribution < -0.4 is 9.44 Å². The molecule has 0 bridgehead atoms. The van der Waals surface area contributed by atoms with E-state index in [-0.39, 0.29) is 37.1 Å². The Hall–Kier alpha value is -2.44. The molecule has 1 saturated heterocycles. The van der Waals surface area contributed by atoms with E-state index in [1.807, 2.05) is 6.26 Å². The summed E-state index contributed by atoms with van der Waals surface area (Å²) >= 11 is 13.4. The van der Waals surface area contributed by atoms with E-state index in [0.29, 0.717) is 23.5 Å². The molecular weight excluding hydrogens is 589 g/mol. The van der Waals surface area contributed by atoms with Crippen LogP contribution in [-0.4, -0.2) is 47.0 Å². The van der Waals surface area contributed by atoms with Gasteiger partial charge in [0.15, 0.2) is 0 Å². The highest BCUT2D eigenvalue weighted by Crippen LogP contribution is 2.32. The Kier molecular flexibility index (Phi) is 8.83. The lowest BCUT2D eigenvalue weighted by Gasteiger charge is -2.27. The zero-order chi connectivity index (χ0) is 27.5. The maximum atomic E-state index is 13.1. The van der Waals surface area contributed by atoms with E-state index < -0.39 is 20.0 Å². The number of anilines is 2. The van der Waals surface area contributed by atoms with E-state index in [1.165, 1.54) is 60.3 Å². The maximum absolute atomic E-state index is 13.1. The number of carbonyl (C=O) groups is 1. The molecule has 1 aliphatic rings. The van der Waals surface area contributed by atoms with Crippen LogP contribution in [0.2, 0.25) is 10.0 Å². The number of hydrogen-bond donors (Lipinski definition) is 2. The minimum Gasteiger partial charge on any atom is -0.339 e. The van der Waals surface area contributed by atoms with Crippen molar-refractivity contribution in [3.63, 3.8) is 0 Å². The first-order chi connectivity index (χ1) is 18.0. The maximum Gasteiger partial charge on any atom is 0.261 e. The molecule has 0 spiro atoms. The smallest absolute Gasteiger partial charge is 0.261 e. The standard InChI is InChI=1S/C25H25Cl2N3O5S3/c1-36-23-13-12-19(16-20(23)25(31)30-14-3-2-4-15-30)38(34,35)28-17-8-10-18(11-9-17)37(32,33)29-22-7-5-6-21(26)24(22)27/h5-13,16,28-29H,2-4,14-15H2,1H3. The highest BCUT2D eigenvalue weighted by molar-refractivity contribution is 7.98. The number of thioether (sulfide) groups is 1. The third-order valence-electron chi connectivity index (χ3n) is 5.97. The van der Waals surface area contributed by atoms with E-state index in [1.54, 1.807) is 17.0 Å². The molecule has 0 aromatic heterocycles. The summed E-state index contributed by atoms with van der Waals surface area (Å²) in [5.41, 5.74) is 0.615. The normalized spacial score (nSPS) is 14.2. The minimum absolute atomic E-state index is 0.0627. The topological polar surface area (TPSA) is 113 Å². The molecule has 3 aromatic carbocycles. The van der Waals surface area contributed by atoms with Gasteiger partial charge in [-0.25, -0.2) is 16.8 Å². The van der Waals surface area contributed by atoms with Gasteiger partial charge in [-0.1, -0.05) is 29.3 Å². The lowest BCUT2D eigenvalue weighted by atomic mass is 10.1. The number of halogens is 2. The van der Waals surface area contributed by atoms with Crippen LogP contribution in [0.5, 0.6) is 0 Å². The van der Waals surface area contributed by atoms with Gasteiger partial charge in [-0.15, -0.1) is 11.8 Å². The van der Waals surface area contributed by atoms with Crippen LogP contribution in [0.4, 0.5) is 11.4 Å². The van der Waals surface area contributed by atoms with Crippen molar-refractivity contribution in [2.75, 3.05) is 28.8 Å². The van der Waals surface area contributed by atoms with Gasteiger partial charge in [0.2, 0.25) is 0 Å². The molecule has 0 radical (unpaired) electrons. The molecule has 202 valence electrons. The molecule has 3 aromatic rings. The van der Waals surface area contributed by atoms with E-state index in [9.17, 15) is 21.6 Å². The molecule has 4 rings (SSSR count). The Balaban J connectivity index is 1.54. The SMILES string of the molecule is CSc1ccc(S(=O)(=O)Nc2ccc(S(=O)(=O)Nc3cccc(Cl)c3Cl)cc2)cc1C(=O)N1CCCCC1. The first kappa shape index (κ1) is 28.6. The van der Waals surface area contributed by atoms with Crippen molar-refractivity contribution in [1.29, 1.82) is 0 Å². The van der Waals surface area contributed by atoms with Gasteiger partial charge in [0.05, 0.1) is 31.1 Å². The van der Waals surface area contributed by atoms with Gasteiger partial charge in [0.25, 0.3) is 26.0 Å². The number of amides is 1. The number of carbonyl (C=O) groups excluding carboxylic acids is 1. The van der Waals surface area contributed by atoms with Crippen molar-refractivity contribution in [1.82, 2.24) is 4.90 Å². The third-order valence-corrected chi connectivity index (χ3v) is 10.3. The summed E-state index contributed by atoms with van der Waals surface area (Å²) in [7, 11) is -8.07. The molecular formula is C25H25Cl2N3O5S3. The average molecular weight is 615 g/mol. The van der Waals surface area contributed by atoms with Crippen molar-refractivity contribution in [2.24, 2.45) is 0 Å². The summed E-state index contributed by atoms with van der Waals surface area (Å²) < 4.78 is 56.7. The molecule has 2 N–H and O–H groups in total. The molecule has 0 unspecified atom stereocenters. The summed E-state index contributed by atoms with van der Waals surface area (Å²) in [6.45, 7) is 1.30. The number of nitrogens with one attached hydrogen (secondary N) is 2. The predicted molar refractivity (Wildman–Crippen MR) is 152 cm³/mol. The van der Waals surface area contributed by atoms with Crippen LogP contribution in [0, 0.1) is 0 Å². The molecule has 13 heteroatoms. The quantitative estimate of drug-likeness (QED) is 0.304. The lowest BCUT2D eigenvalue weighted by molar-refractivity contribution is 0.0720. The van der Waals surface area contributed by atoms with Crippen molar-refractivity contribution < 1.29 is 21.6 Å². The molecule has 0 aliphatic carbocycles. The van der Waals surface area contributed by atoms with E-state index in [0.717, 1.165) is 19.3 Å². The number of likely N-dealkylation sites (tertiary alicyclic amines) is 1. The zero-order valence-corrected chi connectivity index (χ0v) is 24.2. The van der Waals surface area contributed by atoms with Crippen LogP contribution in [0.25, 0.3) is 0 Å². The van der Waals surface area contributed by atoms with Gasteiger partial charge in [0, 0.05) is 23.7 Å². The van der Waals surface area contributed by atoms with Gasteiger partial charge >= 0.3 is 0 Å². The largest absolute Gasteiger partial charge is 0.339 e. The monoisotopic (exact) mass is 613 g/mol. The molecule has 0 atom stereocenters. The number of nitrogens with zero attached hydrogens (tertiary/aromatic N) is 1. The fourth-order valence-electron chi connectivity index (χ4n) is 3.99. The number of sulfonamides is 2. The van der Waals surface area contributed by atoms with Gasteiger partial charge in [0.1, 0.15) is 0 Å². The summed E-state index contributed by atoms with van der Waals surface area (Å²) in [5.74, 6) is -0.187. The zero-order valence-electron chi connectivity index (χ0n) is 20.3. The van der Waals surface area contributed by atoms with Crippen LogP contribution in [0.1, 0.15) is 29.6 Å².